The Labute approximate surface area is 121 Å². The molecule has 1 aromatic carbocycles. The highest BCUT2D eigenvalue weighted by Crippen LogP contribution is 2.34. The monoisotopic (exact) mass is 350 g/mol. The molecule has 1 aliphatic rings. The number of hydrogen-bond acceptors (Lipinski definition) is 3. The molecule has 8 heteroatoms. The lowest BCUT2D eigenvalue weighted by molar-refractivity contribution is -0.138. The highest BCUT2D eigenvalue weighted by Gasteiger charge is 2.36. The predicted molar refractivity (Wildman–Crippen MR) is 68.9 cm³/mol. The number of carbonyl (C=O) groups is 2. The number of hydrogen-bond donors (Lipinski definition) is 1. The molecule has 108 valence electrons. The molecule has 1 aromatic rings. The van der Waals surface area contributed by atoms with Gasteiger partial charge in [-0.1, -0.05) is 0 Å². The Balaban J connectivity index is 2.19. The Morgan fingerprint density at radius 1 is 1.35 bits per heavy atom. The Kier molecular flexibility index (Phi) is 3.77. The van der Waals surface area contributed by atoms with Crippen LogP contribution >= 0.6 is 15.9 Å². The lowest BCUT2D eigenvalue weighted by Crippen LogP contribution is -2.31. The summed E-state index contributed by atoms with van der Waals surface area (Å²) in [5.41, 5.74) is -0.458. The van der Waals surface area contributed by atoms with Crippen LogP contribution in [0.25, 0.3) is 0 Å². The van der Waals surface area contributed by atoms with Crippen LogP contribution in [0.3, 0.4) is 0 Å². The van der Waals surface area contributed by atoms with E-state index in [1.807, 2.05) is 0 Å². The zero-order valence-electron chi connectivity index (χ0n) is 10.3. The fourth-order valence-corrected chi connectivity index (χ4v) is 2.36. The molecular weight excluding hydrogens is 341 g/mol. The number of halogens is 4. The summed E-state index contributed by atoms with van der Waals surface area (Å²) >= 11 is 3.02. The van der Waals surface area contributed by atoms with Gasteiger partial charge in [-0.15, -0.1) is 0 Å². The van der Waals surface area contributed by atoms with Crippen LogP contribution < -0.4 is 5.32 Å². The van der Waals surface area contributed by atoms with Gasteiger partial charge < -0.3 is 5.32 Å². The molecule has 1 unspecified atom stereocenters. The van der Waals surface area contributed by atoms with Gasteiger partial charge in [0, 0.05) is 17.2 Å². The minimum absolute atomic E-state index is 0.0111. The second-order valence-electron chi connectivity index (χ2n) is 4.38. The molecule has 2 rings (SSSR count). The number of imide groups is 1. The first-order chi connectivity index (χ1) is 9.20. The van der Waals surface area contributed by atoms with E-state index >= 15 is 0 Å². The molecule has 0 bridgehead atoms. The maximum Gasteiger partial charge on any atom is 0.416 e. The summed E-state index contributed by atoms with van der Waals surface area (Å²) in [5.74, 6) is -0.725. The molecule has 20 heavy (non-hydrogen) atoms. The summed E-state index contributed by atoms with van der Waals surface area (Å²) in [6.45, 7) is 0. The highest BCUT2D eigenvalue weighted by atomic mass is 79.9. The number of benzene rings is 1. The van der Waals surface area contributed by atoms with E-state index in [4.69, 9.17) is 0 Å². The molecule has 0 saturated carbocycles. The summed E-state index contributed by atoms with van der Waals surface area (Å²) in [5, 5.41) is 2.77. The van der Waals surface area contributed by atoms with Crippen molar-refractivity contribution in [3.63, 3.8) is 0 Å². The average molecular weight is 351 g/mol. The van der Waals surface area contributed by atoms with Crippen LogP contribution in [0.5, 0.6) is 0 Å². The molecule has 4 nitrogen and oxygen atoms in total. The lowest BCUT2D eigenvalue weighted by Gasteiger charge is -2.15. The van der Waals surface area contributed by atoms with Crippen LogP contribution in [0.2, 0.25) is 0 Å². The van der Waals surface area contributed by atoms with Crippen molar-refractivity contribution in [2.75, 3.05) is 12.4 Å². The Morgan fingerprint density at radius 3 is 2.45 bits per heavy atom. The molecule has 1 fully saturated rings. The number of likely N-dealkylation sites (tertiary alicyclic amines) is 1. The molecule has 1 saturated heterocycles. The number of anilines is 1. The molecule has 0 aliphatic carbocycles. The van der Waals surface area contributed by atoms with Crippen LogP contribution in [0.4, 0.5) is 18.9 Å². The minimum Gasteiger partial charge on any atom is -0.372 e. The number of rotatable bonds is 2. The number of carbonyl (C=O) groups excluding carboxylic acids is 2. The molecule has 1 atom stereocenters. The molecule has 1 N–H and O–H groups in total. The molecule has 0 spiro atoms. The van der Waals surface area contributed by atoms with Crippen molar-refractivity contribution in [1.29, 1.82) is 0 Å². The van der Waals surface area contributed by atoms with E-state index in [0.717, 1.165) is 17.0 Å². The standard InChI is InChI=1S/C12H10BrF3N2O2/c1-18-10(19)5-9(11(18)20)17-8-3-2-6(4-7(8)13)12(14,15)16/h2-4,9,17H,5H2,1H3. The number of nitrogens with zero attached hydrogens (tertiary/aromatic N) is 1. The van der Waals surface area contributed by atoms with Gasteiger partial charge in [-0.2, -0.15) is 13.2 Å². The largest absolute Gasteiger partial charge is 0.416 e. The highest BCUT2D eigenvalue weighted by molar-refractivity contribution is 9.10. The Bertz CT molecular complexity index is 574. The van der Waals surface area contributed by atoms with Gasteiger partial charge in [0.05, 0.1) is 12.0 Å². The fourth-order valence-electron chi connectivity index (χ4n) is 1.86. The second kappa shape index (κ2) is 5.08. The van der Waals surface area contributed by atoms with Crippen LogP contribution in [-0.2, 0) is 15.8 Å². The smallest absolute Gasteiger partial charge is 0.372 e. The fraction of sp³-hybridized carbons (Fsp3) is 0.333. The van der Waals surface area contributed by atoms with E-state index in [0.29, 0.717) is 5.69 Å². The van der Waals surface area contributed by atoms with Crippen molar-refractivity contribution in [2.24, 2.45) is 0 Å². The van der Waals surface area contributed by atoms with Crippen molar-refractivity contribution in [2.45, 2.75) is 18.6 Å². The average Bonchev–Trinajstić information content (AvgIpc) is 2.58. The number of amides is 2. The normalized spacial score (nSPS) is 19.6. The molecule has 1 aliphatic heterocycles. The third kappa shape index (κ3) is 2.79. The van der Waals surface area contributed by atoms with E-state index in [9.17, 15) is 22.8 Å². The molecule has 1 heterocycles. The summed E-state index contributed by atoms with van der Waals surface area (Å²) in [4.78, 5) is 24.1. The Hall–Kier alpha value is -1.57. The van der Waals surface area contributed by atoms with E-state index in [-0.39, 0.29) is 16.8 Å². The summed E-state index contributed by atoms with van der Waals surface area (Å²) in [7, 11) is 1.37. The maximum absolute atomic E-state index is 12.5. The Morgan fingerprint density at radius 2 is 2.00 bits per heavy atom. The molecule has 0 radical (unpaired) electrons. The van der Waals surface area contributed by atoms with Crippen LogP contribution in [0.15, 0.2) is 22.7 Å². The predicted octanol–water partition coefficient (Wildman–Crippen LogP) is 2.64. The van der Waals surface area contributed by atoms with Crippen molar-refractivity contribution in [3.8, 4) is 0 Å². The zero-order chi connectivity index (χ0) is 15.1. The van der Waals surface area contributed by atoms with Gasteiger partial charge in [0.1, 0.15) is 6.04 Å². The van der Waals surface area contributed by atoms with Gasteiger partial charge in [-0.05, 0) is 34.1 Å². The zero-order valence-corrected chi connectivity index (χ0v) is 11.9. The van der Waals surface area contributed by atoms with Crippen molar-refractivity contribution in [3.05, 3.63) is 28.2 Å². The van der Waals surface area contributed by atoms with Crippen molar-refractivity contribution >= 4 is 33.4 Å². The SMILES string of the molecule is CN1C(=O)CC(Nc2ccc(C(F)(F)F)cc2Br)C1=O. The van der Waals surface area contributed by atoms with Gasteiger partial charge in [0.15, 0.2) is 0 Å². The number of likely N-dealkylation sites (N-methyl/N-ethyl adjacent to an activating group) is 1. The van der Waals surface area contributed by atoms with Crippen molar-refractivity contribution in [1.82, 2.24) is 4.90 Å². The van der Waals surface area contributed by atoms with Gasteiger partial charge in [-0.25, -0.2) is 0 Å². The van der Waals surface area contributed by atoms with E-state index in [1.165, 1.54) is 13.1 Å². The first-order valence-electron chi connectivity index (χ1n) is 5.64. The summed E-state index contributed by atoms with van der Waals surface area (Å²) < 4.78 is 37.7. The first kappa shape index (κ1) is 14.8. The van der Waals surface area contributed by atoms with E-state index in [2.05, 4.69) is 21.2 Å². The van der Waals surface area contributed by atoms with E-state index < -0.39 is 23.7 Å². The van der Waals surface area contributed by atoms with Crippen LogP contribution in [0.1, 0.15) is 12.0 Å². The lowest BCUT2D eigenvalue weighted by atomic mass is 10.1. The quantitative estimate of drug-likeness (QED) is 0.834. The van der Waals surface area contributed by atoms with Gasteiger partial charge in [0.2, 0.25) is 5.91 Å². The summed E-state index contributed by atoms with van der Waals surface area (Å²) in [6.07, 6.45) is -4.44. The van der Waals surface area contributed by atoms with E-state index in [1.54, 1.807) is 0 Å². The minimum atomic E-state index is -4.43. The van der Waals surface area contributed by atoms with Gasteiger partial charge >= 0.3 is 6.18 Å². The topological polar surface area (TPSA) is 49.4 Å². The molecule has 2 amide bonds. The number of nitrogens with one attached hydrogen (secondary N) is 1. The van der Waals surface area contributed by atoms with Gasteiger partial charge in [0.25, 0.3) is 5.91 Å². The second-order valence-corrected chi connectivity index (χ2v) is 5.24. The molecule has 0 aromatic heterocycles. The third-order valence-corrected chi connectivity index (χ3v) is 3.66. The van der Waals surface area contributed by atoms with Crippen LogP contribution in [0, 0.1) is 0 Å². The number of alkyl halides is 3. The molecular formula is C12H10BrF3N2O2. The third-order valence-electron chi connectivity index (χ3n) is 3.01. The van der Waals surface area contributed by atoms with Crippen molar-refractivity contribution < 1.29 is 22.8 Å². The summed E-state index contributed by atoms with van der Waals surface area (Å²) in [6, 6.07) is 2.31. The first-order valence-corrected chi connectivity index (χ1v) is 6.43. The maximum atomic E-state index is 12.5. The van der Waals surface area contributed by atoms with Crippen LogP contribution in [-0.4, -0.2) is 29.8 Å². The van der Waals surface area contributed by atoms with Gasteiger partial charge in [-0.3, -0.25) is 14.5 Å².